The summed E-state index contributed by atoms with van der Waals surface area (Å²) in [5, 5.41) is 0. The van der Waals surface area contributed by atoms with Gasteiger partial charge in [-0.15, -0.1) is 0 Å². The lowest BCUT2D eigenvalue weighted by molar-refractivity contribution is 0.0679. The monoisotopic (exact) mass is 430 g/mol. The van der Waals surface area contributed by atoms with Crippen LogP contribution in [0.15, 0.2) is 66.7 Å². The Hall–Kier alpha value is -3.40. The van der Waals surface area contributed by atoms with Crippen molar-refractivity contribution in [2.75, 3.05) is 0 Å². The fourth-order valence-corrected chi connectivity index (χ4v) is 3.74. The Morgan fingerprint density at radius 3 is 1.78 bits per heavy atom. The van der Waals surface area contributed by atoms with Gasteiger partial charge in [-0.2, -0.15) is 0 Å². The molecule has 0 aliphatic heterocycles. The van der Waals surface area contributed by atoms with Gasteiger partial charge in [-0.1, -0.05) is 69.7 Å². The van der Waals surface area contributed by atoms with E-state index in [0.29, 0.717) is 22.6 Å². The van der Waals surface area contributed by atoms with Gasteiger partial charge in [0.05, 0.1) is 11.1 Å². The van der Waals surface area contributed by atoms with Crippen LogP contribution in [0.3, 0.4) is 0 Å². The molecule has 3 aromatic carbocycles. The van der Waals surface area contributed by atoms with Crippen LogP contribution in [0.1, 0.15) is 76.9 Å². The minimum atomic E-state index is -0.485. The molecule has 0 saturated carbocycles. The molecule has 166 valence electrons. The number of benzene rings is 3. The maximum atomic E-state index is 13.0. The number of rotatable bonds is 8. The molecule has 0 aromatic heterocycles. The van der Waals surface area contributed by atoms with Gasteiger partial charge < -0.3 is 9.47 Å². The Balaban J connectivity index is 2.10. The lowest BCUT2D eigenvalue weighted by Gasteiger charge is -2.22. The summed E-state index contributed by atoms with van der Waals surface area (Å²) in [5.41, 5.74) is 3.67. The second kappa shape index (κ2) is 10.8. The van der Waals surface area contributed by atoms with Gasteiger partial charge >= 0.3 is 11.9 Å². The molecule has 0 atom stereocenters. The maximum Gasteiger partial charge on any atom is 0.343 e. The van der Waals surface area contributed by atoms with Crippen LogP contribution >= 0.6 is 0 Å². The Morgan fingerprint density at radius 1 is 0.812 bits per heavy atom. The van der Waals surface area contributed by atoms with Gasteiger partial charge in [0.1, 0.15) is 0 Å². The Kier molecular flexibility index (Phi) is 7.82. The number of carbonyl (C=O) groups excluding carboxylic acids is 2. The van der Waals surface area contributed by atoms with Crippen molar-refractivity contribution in [1.82, 2.24) is 0 Å². The summed E-state index contributed by atoms with van der Waals surface area (Å²) in [6.45, 7) is 8.15. The molecule has 0 heterocycles. The Labute approximate surface area is 190 Å². The molecule has 0 radical (unpaired) electrons. The van der Waals surface area contributed by atoms with E-state index in [0.717, 1.165) is 36.0 Å². The SMILES string of the molecule is CCCCc1cc(C)c(OC(=O)c2ccccc2)c(OC(=O)c2ccccc2)c1C(C)C. The van der Waals surface area contributed by atoms with Crippen molar-refractivity contribution in [2.45, 2.75) is 52.9 Å². The predicted octanol–water partition coefficient (Wildman–Crippen LogP) is 6.90. The summed E-state index contributed by atoms with van der Waals surface area (Å²) < 4.78 is 11.8. The first-order valence-corrected chi connectivity index (χ1v) is 11.1. The molecule has 0 N–H and O–H groups in total. The van der Waals surface area contributed by atoms with E-state index < -0.39 is 11.9 Å². The molecule has 0 bridgehead atoms. The van der Waals surface area contributed by atoms with Crippen molar-refractivity contribution < 1.29 is 19.1 Å². The first-order valence-electron chi connectivity index (χ1n) is 11.1. The van der Waals surface area contributed by atoms with Crippen molar-refractivity contribution in [3.05, 3.63) is 94.5 Å². The van der Waals surface area contributed by atoms with Crippen LogP contribution in [0, 0.1) is 6.92 Å². The minimum absolute atomic E-state index is 0.0789. The summed E-state index contributed by atoms with van der Waals surface area (Å²) in [4.78, 5) is 25.8. The fourth-order valence-electron chi connectivity index (χ4n) is 3.74. The standard InChI is InChI=1S/C28H30O4/c1-5-6-13-23-18-20(4)25(31-27(29)21-14-9-7-10-15-21)26(24(23)19(2)3)32-28(30)22-16-11-8-12-17-22/h7-12,14-19H,5-6,13H2,1-4H3. The van der Waals surface area contributed by atoms with Crippen LogP contribution in [-0.4, -0.2) is 11.9 Å². The smallest absolute Gasteiger partial charge is 0.343 e. The fraction of sp³-hybridized carbons (Fsp3) is 0.286. The van der Waals surface area contributed by atoms with Gasteiger partial charge in [-0.3, -0.25) is 0 Å². The molecule has 0 aliphatic rings. The highest BCUT2D eigenvalue weighted by Gasteiger charge is 2.25. The lowest BCUT2D eigenvalue weighted by Crippen LogP contribution is -2.16. The van der Waals surface area contributed by atoms with E-state index in [4.69, 9.17) is 9.47 Å². The minimum Gasteiger partial charge on any atom is -0.419 e. The zero-order chi connectivity index (χ0) is 23.1. The number of hydrogen-bond acceptors (Lipinski definition) is 4. The first-order chi connectivity index (χ1) is 15.4. The summed E-state index contributed by atoms with van der Waals surface area (Å²) in [5.74, 6) is -0.246. The normalized spacial score (nSPS) is 10.8. The second-order valence-electron chi connectivity index (χ2n) is 8.19. The molecule has 3 aromatic rings. The topological polar surface area (TPSA) is 52.6 Å². The zero-order valence-corrected chi connectivity index (χ0v) is 19.2. The number of esters is 2. The molecule has 4 nitrogen and oxygen atoms in total. The number of carbonyl (C=O) groups is 2. The molecule has 0 fully saturated rings. The highest BCUT2D eigenvalue weighted by Crippen LogP contribution is 2.42. The average molecular weight is 431 g/mol. The molecule has 0 saturated heterocycles. The molecule has 32 heavy (non-hydrogen) atoms. The van der Waals surface area contributed by atoms with Crippen LogP contribution in [0.4, 0.5) is 0 Å². The van der Waals surface area contributed by atoms with Gasteiger partial charge in [0.25, 0.3) is 0 Å². The third-order valence-electron chi connectivity index (χ3n) is 5.33. The molecular formula is C28H30O4. The van der Waals surface area contributed by atoms with E-state index in [9.17, 15) is 9.59 Å². The number of ether oxygens (including phenoxy) is 2. The van der Waals surface area contributed by atoms with Gasteiger partial charge in [0.15, 0.2) is 11.5 Å². The zero-order valence-electron chi connectivity index (χ0n) is 19.2. The molecule has 0 unspecified atom stereocenters. The van der Waals surface area contributed by atoms with Gasteiger partial charge in [0.2, 0.25) is 0 Å². The largest absolute Gasteiger partial charge is 0.419 e. The third kappa shape index (κ3) is 5.44. The van der Waals surface area contributed by atoms with Gasteiger partial charge in [-0.25, -0.2) is 9.59 Å². The molecular weight excluding hydrogens is 400 g/mol. The highest BCUT2D eigenvalue weighted by atomic mass is 16.6. The third-order valence-corrected chi connectivity index (χ3v) is 5.33. The van der Waals surface area contributed by atoms with E-state index in [1.165, 1.54) is 0 Å². The van der Waals surface area contributed by atoms with E-state index in [1.807, 2.05) is 19.1 Å². The number of aryl methyl sites for hydroxylation is 2. The molecule has 3 rings (SSSR count). The van der Waals surface area contributed by atoms with E-state index in [-0.39, 0.29) is 5.92 Å². The van der Waals surface area contributed by atoms with Crippen molar-refractivity contribution in [1.29, 1.82) is 0 Å². The van der Waals surface area contributed by atoms with Crippen LogP contribution < -0.4 is 9.47 Å². The Bertz CT molecular complexity index is 1070. The Morgan fingerprint density at radius 2 is 1.31 bits per heavy atom. The summed E-state index contributed by atoms with van der Waals surface area (Å²) in [6, 6.07) is 19.7. The van der Waals surface area contributed by atoms with Gasteiger partial charge in [0, 0.05) is 5.56 Å². The van der Waals surface area contributed by atoms with Crippen molar-refractivity contribution in [2.24, 2.45) is 0 Å². The van der Waals surface area contributed by atoms with Crippen LogP contribution in [0.2, 0.25) is 0 Å². The van der Waals surface area contributed by atoms with E-state index in [1.54, 1.807) is 48.5 Å². The second-order valence-corrected chi connectivity index (χ2v) is 8.19. The van der Waals surface area contributed by atoms with E-state index in [2.05, 4.69) is 26.8 Å². The van der Waals surface area contributed by atoms with E-state index >= 15 is 0 Å². The van der Waals surface area contributed by atoms with Crippen molar-refractivity contribution in [3.8, 4) is 11.5 Å². The maximum absolute atomic E-state index is 13.0. The van der Waals surface area contributed by atoms with Crippen LogP contribution in [0.5, 0.6) is 11.5 Å². The van der Waals surface area contributed by atoms with Crippen LogP contribution in [0.25, 0.3) is 0 Å². The quantitative estimate of drug-likeness (QED) is 0.288. The molecule has 0 aliphatic carbocycles. The highest BCUT2D eigenvalue weighted by molar-refractivity contribution is 5.93. The molecule has 0 amide bonds. The summed E-state index contributed by atoms with van der Waals surface area (Å²) in [7, 11) is 0. The van der Waals surface area contributed by atoms with Gasteiger partial charge in [-0.05, 0) is 61.1 Å². The van der Waals surface area contributed by atoms with Crippen molar-refractivity contribution in [3.63, 3.8) is 0 Å². The van der Waals surface area contributed by atoms with Crippen molar-refractivity contribution >= 4 is 11.9 Å². The lowest BCUT2D eigenvalue weighted by atomic mass is 9.90. The first kappa shape index (κ1) is 23.3. The molecule has 4 heteroatoms. The summed E-state index contributed by atoms with van der Waals surface area (Å²) in [6.07, 6.45) is 2.95. The molecule has 0 spiro atoms. The number of unbranched alkanes of at least 4 members (excludes halogenated alkanes) is 1. The summed E-state index contributed by atoms with van der Waals surface area (Å²) >= 11 is 0. The predicted molar refractivity (Wildman–Crippen MR) is 127 cm³/mol. The van der Waals surface area contributed by atoms with Crippen LogP contribution in [-0.2, 0) is 6.42 Å². The number of hydrogen-bond donors (Lipinski definition) is 0. The average Bonchev–Trinajstić information content (AvgIpc) is 2.80.